The van der Waals surface area contributed by atoms with Crippen LogP contribution in [-0.4, -0.2) is 162 Å². The van der Waals surface area contributed by atoms with Crippen LogP contribution in [0.3, 0.4) is 0 Å². The maximum absolute atomic E-state index is 13.1. The Hall–Kier alpha value is -2.26. The van der Waals surface area contributed by atoms with Crippen LogP contribution in [0.2, 0.25) is 0 Å². The van der Waals surface area contributed by atoms with E-state index in [9.17, 15) is 66.3 Å². The number of amides is 3. The molecule has 3 aliphatic rings. The van der Waals surface area contributed by atoms with Gasteiger partial charge in [-0.3, -0.25) is 19.3 Å². The molecular formula is C48H59N4Na3O18S4. The van der Waals surface area contributed by atoms with Crippen molar-refractivity contribution in [1.82, 2.24) is 10.2 Å². The topological polar surface area (TPSA) is 329 Å². The summed E-state index contributed by atoms with van der Waals surface area (Å²) in [6.45, 7) is 8.79. The molecule has 3 amide bonds. The molecule has 2 aromatic rings. The molecule has 0 spiro atoms. The summed E-state index contributed by atoms with van der Waals surface area (Å²) in [5.41, 5.74) is 0.958. The van der Waals surface area contributed by atoms with Crippen LogP contribution in [0.25, 0.3) is 0 Å². The smallest absolute Gasteiger partial charge is 0.748 e. The van der Waals surface area contributed by atoms with Crippen molar-refractivity contribution in [1.29, 1.82) is 0 Å². The number of benzene rings is 2. The van der Waals surface area contributed by atoms with Gasteiger partial charge in [-0.25, -0.2) is 33.7 Å². The van der Waals surface area contributed by atoms with Gasteiger partial charge < -0.3 is 42.6 Å². The van der Waals surface area contributed by atoms with E-state index in [0.29, 0.717) is 92.0 Å². The molecule has 29 heteroatoms. The Labute approximate surface area is 517 Å². The molecule has 0 radical (unpaired) electrons. The SMILES string of the molecule is CC1(C)C(=CC=CC(=CC=CC2=[N+](CCS(=O)(=O)[O-])c3ccc(S(=O)(=O)[O-])cc3C2(C)C)CCC(=O)NCCCOCCOCCOCCCN2C(=O)C=CC2=O)N(CCS(=O)(=O)[O-])c2ccc(S(=O)(=O)[O-])cc21.[Na+].[Na+].[Na+]. The number of allylic oxidation sites excluding steroid dienone is 8. The maximum Gasteiger partial charge on any atom is 1.00 e. The molecule has 0 unspecified atom stereocenters. The van der Waals surface area contributed by atoms with Crippen LogP contribution >= 0.6 is 0 Å². The summed E-state index contributed by atoms with van der Waals surface area (Å²) in [5.74, 6) is -2.57. The molecular weight excluding hydrogens is 1120 g/mol. The van der Waals surface area contributed by atoms with Crippen molar-refractivity contribution in [3.05, 3.63) is 107 Å². The van der Waals surface area contributed by atoms with Crippen LogP contribution in [0.15, 0.2) is 106 Å². The van der Waals surface area contributed by atoms with Crippen molar-refractivity contribution in [2.24, 2.45) is 0 Å². The van der Waals surface area contributed by atoms with Gasteiger partial charge in [-0.15, -0.1) is 0 Å². The number of carbonyl (C=O) groups excluding carboxylic acids is 3. The molecule has 0 saturated carbocycles. The van der Waals surface area contributed by atoms with Crippen molar-refractivity contribution >= 4 is 75.3 Å². The molecule has 0 bridgehead atoms. The fourth-order valence-corrected chi connectivity index (χ4v) is 10.3. The Morgan fingerprint density at radius 3 is 1.78 bits per heavy atom. The molecule has 0 fully saturated rings. The molecule has 77 heavy (non-hydrogen) atoms. The fraction of sp³-hybridized carbons (Fsp3) is 0.458. The molecule has 406 valence electrons. The molecule has 0 aliphatic carbocycles. The number of ether oxygens (including phenoxy) is 3. The number of hydrogen-bond acceptors (Lipinski definition) is 19. The first kappa shape index (κ1) is 70.8. The first-order valence-corrected chi connectivity index (χ1v) is 29.3. The van der Waals surface area contributed by atoms with Crippen molar-refractivity contribution < 1.29 is 174 Å². The standard InChI is InChI=1S/C48H62N4O18S4.3Na/c1-47(2)38-33-36(73(62,63)64)14-16-40(38)50(23-31-71(56,57)58)42(47)11-5-9-35(10-6-12-43-48(3,4)39-34-37(74(65,66)67)15-17-41(39)51(43)24-32-72(59,60)61)13-18-44(53)49-21-7-25-68-27-29-70-30-28-69-26-8-22-52-45(54)19-20-46(52)55;;;/h5-6,9-12,14-17,19-20,33-34H,7-8,13,18,21-32H2,1-4H3,(H4-,49,53,56,57,58,59,60,61,62,63,64,65,66,67);;;/q;3*+1/p-3. The van der Waals surface area contributed by atoms with E-state index >= 15 is 0 Å². The summed E-state index contributed by atoms with van der Waals surface area (Å²) in [7, 11) is -19.2. The van der Waals surface area contributed by atoms with Gasteiger partial charge in [-0.2, -0.15) is 4.58 Å². The minimum Gasteiger partial charge on any atom is -0.748 e. The predicted molar refractivity (Wildman–Crippen MR) is 265 cm³/mol. The van der Waals surface area contributed by atoms with Crippen LogP contribution in [0.5, 0.6) is 0 Å². The van der Waals surface area contributed by atoms with Gasteiger partial charge in [0.15, 0.2) is 12.3 Å². The third kappa shape index (κ3) is 20.9. The average Bonchev–Trinajstić information content (AvgIpc) is 3.82. The monoisotopic (exact) mass is 1180 g/mol. The molecule has 3 heterocycles. The maximum atomic E-state index is 13.1. The quantitative estimate of drug-likeness (QED) is 0.0198. The molecule has 2 aromatic carbocycles. The number of imide groups is 1. The minimum atomic E-state index is -4.87. The summed E-state index contributed by atoms with van der Waals surface area (Å²) >= 11 is 0. The number of anilines is 1. The molecule has 0 saturated heterocycles. The van der Waals surface area contributed by atoms with Crippen molar-refractivity contribution in [3.63, 3.8) is 0 Å². The molecule has 3 aliphatic heterocycles. The van der Waals surface area contributed by atoms with E-state index in [0.717, 1.165) is 17.0 Å². The summed E-state index contributed by atoms with van der Waals surface area (Å²) < 4.78 is 161. The van der Waals surface area contributed by atoms with Gasteiger partial charge >= 0.3 is 88.7 Å². The van der Waals surface area contributed by atoms with E-state index in [1.54, 1.807) is 73.6 Å². The first-order chi connectivity index (χ1) is 34.5. The largest absolute Gasteiger partial charge is 1.00 e. The van der Waals surface area contributed by atoms with Gasteiger partial charge in [0, 0.05) is 85.9 Å². The second kappa shape index (κ2) is 30.7. The molecule has 22 nitrogen and oxygen atoms in total. The summed E-state index contributed by atoms with van der Waals surface area (Å²) in [5, 5.41) is 2.85. The minimum absolute atomic E-state index is 0. The average molecular weight is 1180 g/mol. The number of nitrogens with zero attached hydrogens (tertiary/aromatic N) is 3. The Morgan fingerprint density at radius 1 is 0.662 bits per heavy atom. The Balaban J connectivity index is 0.00000676. The molecule has 5 rings (SSSR count). The summed E-state index contributed by atoms with van der Waals surface area (Å²) in [6, 6.07) is 7.35. The Bertz CT molecular complexity index is 3100. The molecule has 0 atom stereocenters. The summed E-state index contributed by atoms with van der Waals surface area (Å²) in [6.07, 6.45) is 13.4. The van der Waals surface area contributed by atoms with Crippen LogP contribution in [0.1, 0.15) is 64.5 Å². The van der Waals surface area contributed by atoms with Crippen LogP contribution in [0, 0.1) is 0 Å². The van der Waals surface area contributed by atoms with Crippen molar-refractivity contribution in [2.75, 3.05) is 82.2 Å². The zero-order chi connectivity index (χ0) is 54.7. The van der Waals surface area contributed by atoms with Gasteiger partial charge in [0.25, 0.3) is 11.8 Å². The summed E-state index contributed by atoms with van der Waals surface area (Å²) in [4.78, 5) is 38.0. The number of carbonyl (C=O) groups is 3. The third-order valence-corrected chi connectivity index (χ3v) is 15.3. The second-order valence-corrected chi connectivity index (χ2v) is 24.1. The van der Waals surface area contributed by atoms with E-state index in [2.05, 4.69) is 5.32 Å². The fourth-order valence-electron chi connectivity index (χ4n) is 8.52. The van der Waals surface area contributed by atoms with E-state index in [1.807, 2.05) is 0 Å². The van der Waals surface area contributed by atoms with E-state index in [4.69, 9.17) is 14.2 Å². The Kier molecular flexibility index (Phi) is 28.2. The second-order valence-electron chi connectivity index (χ2n) is 18.3. The molecule has 0 aromatic heterocycles. The number of hydrogen-bond donors (Lipinski definition) is 1. The van der Waals surface area contributed by atoms with Gasteiger partial charge in [0.1, 0.15) is 30.4 Å². The van der Waals surface area contributed by atoms with E-state index in [-0.39, 0.29) is 145 Å². The zero-order valence-electron chi connectivity index (χ0n) is 44.2. The van der Waals surface area contributed by atoms with Crippen LogP contribution < -0.4 is 98.9 Å². The number of fused-ring (bicyclic) bond motifs is 2. The first-order valence-electron chi connectivity index (χ1n) is 23.3. The van der Waals surface area contributed by atoms with E-state index < -0.39 is 72.6 Å². The van der Waals surface area contributed by atoms with Gasteiger partial charge in [0.05, 0.1) is 63.3 Å². The number of nitrogens with one attached hydrogen (secondary N) is 1. The van der Waals surface area contributed by atoms with Crippen LogP contribution in [-0.2, 0) is 79.9 Å². The van der Waals surface area contributed by atoms with Crippen molar-refractivity contribution in [3.8, 4) is 0 Å². The van der Waals surface area contributed by atoms with Gasteiger partial charge in [0.2, 0.25) is 11.6 Å². The van der Waals surface area contributed by atoms with Gasteiger partial charge in [-0.05, 0) is 80.7 Å². The molecule has 1 N–H and O–H groups in total. The van der Waals surface area contributed by atoms with Crippen LogP contribution in [0.4, 0.5) is 11.4 Å². The predicted octanol–water partition coefficient (Wildman–Crippen LogP) is -6.65. The Morgan fingerprint density at radius 2 is 1.21 bits per heavy atom. The van der Waals surface area contributed by atoms with Crippen molar-refractivity contribution in [2.45, 2.75) is 74.0 Å². The normalized spacial score (nSPS) is 16.8. The number of rotatable bonds is 29. The zero-order valence-corrected chi connectivity index (χ0v) is 53.5. The van der Waals surface area contributed by atoms with Gasteiger partial charge in [-0.1, -0.05) is 38.2 Å². The van der Waals surface area contributed by atoms with E-state index in [1.165, 1.54) is 36.4 Å². The third-order valence-electron chi connectivity index (χ3n) is 12.3.